The van der Waals surface area contributed by atoms with Gasteiger partial charge in [-0.15, -0.1) is 0 Å². The number of amides is 1. The average Bonchev–Trinajstić information content (AvgIpc) is 2.66. The Labute approximate surface area is 115 Å². The Morgan fingerprint density at radius 3 is 2.28 bits per heavy atom. The summed E-state index contributed by atoms with van der Waals surface area (Å²) in [6, 6.07) is 0.995. The van der Waals surface area contributed by atoms with Crippen LogP contribution in [0.3, 0.4) is 0 Å². The molecule has 0 aromatic carbocycles. The number of hydrogen-bond donors (Lipinski definition) is 2. The minimum absolute atomic E-state index is 0.195. The molecular weight excluding hydrogens is 244 g/mol. The molecule has 3 nitrogen and oxygen atoms in total. The van der Waals surface area contributed by atoms with Crippen molar-refractivity contribution in [3.63, 3.8) is 0 Å². The molecule has 2 fully saturated rings. The summed E-state index contributed by atoms with van der Waals surface area (Å²) < 4.78 is 0. The molecule has 1 amide bonds. The molecule has 0 unspecified atom stereocenters. The van der Waals surface area contributed by atoms with E-state index in [1.807, 2.05) is 11.8 Å². The standard InChI is InChI=1S/C14H26N2OS/c17-14(11-15-12-7-9-18-10-8-12)16-13-5-3-1-2-4-6-13/h12-13,15H,1-11H2,(H,16,17). The molecule has 1 saturated carbocycles. The first-order valence-electron chi connectivity index (χ1n) is 7.45. The van der Waals surface area contributed by atoms with Crippen LogP contribution >= 0.6 is 11.8 Å². The Morgan fingerprint density at radius 1 is 0.944 bits per heavy atom. The molecule has 0 spiro atoms. The first-order valence-corrected chi connectivity index (χ1v) is 8.60. The van der Waals surface area contributed by atoms with Crippen LogP contribution in [-0.4, -0.2) is 36.0 Å². The van der Waals surface area contributed by atoms with E-state index in [2.05, 4.69) is 10.6 Å². The van der Waals surface area contributed by atoms with Crippen molar-refractivity contribution in [1.82, 2.24) is 10.6 Å². The molecule has 0 aromatic rings. The summed E-state index contributed by atoms with van der Waals surface area (Å²) in [6.07, 6.45) is 9.99. The molecule has 0 bridgehead atoms. The fraction of sp³-hybridized carbons (Fsp3) is 0.929. The molecule has 0 aromatic heterocycles. The fourth-order valence-corrected chi connectivity index (χ4v) is 3.95. The van der Waals surface area contributed by atoms with Crippen molar-refractivity contribution in [3.8, 4) is 0 Å². The molecule has 2 rings (SSSR count). The third kappa shape index (κ3) is 5.19. The molecule has 1 aliphatic carbocycles. The normalized spacial score (nSPS) is 23.6. The summed E-state index contributed by atoms with van der Waals surface area (Å²) in [4.78, 5) is 11.9. The largest absolute Gasteiger partial charge is 0.352 e. The van der Waals surface area contributed by atoms with Crippen LogP contribution in [0.5, 0.6) is 0 Å². The molecule has 18 heavy (non-hydrogen) atoms. The molecule has 1 saturated heterocycles. The quantitative estimate of drug-likeness (QED) is 0.770. The lowest BCUT2D eigenvalue weighted by molar-refractivity contribution is -0.121. The van der Waals surface area contributed by atoms with E-state index in [1.165, 1.54) is 62.9 Å². The van der Waals surface area contributed by atoms with Crippen LogP contribution in [0.1, 0.15) is 51.4 Å². The topological polar surface area (TPSA) is 41.1 Å². The second-order valence-electron chi connectivity index (χ2n) is 5.52. The van der Waals surface area contributed by atoms with Crippen molar-refractivity contribution in [2.45, 2.75) is 63.5 Å². The minimum atomic E-state index is 0.195. The van der Waals surface area contributed by atoms with E-state index in [4.69, 9.17) is 0 Å². The monoisotopic (exact) mass is 270 g/mol. The molecule has 2 N–H and O–H groups in total. The van der Waals surface area contributed by atoms with E-state index in [1.54, 1.807) is 0 Å². The summed E-state index contributed by atoms with van der Waals surface area (Å²) in [6.45, 7) is 0.506. The SMILES string of the molecule is O=C(CNC1CCSCC1)NC1CCCCCC1. The smallest absolute Gasteiger partial charge is 0.234 e. The van der Waals surface area contributed by atoms with E-state index in [-0.39, 0.29) is 5.91 Å². The maximum atomic E-state index is 11.9. The molecule has 0 radical (unpaired) electrons. The zero-order valence-corrected chi connectivity index (χ0v) is 12.1. The van der Waals surface area contributed by atoms with E-state index in [0.29, 0.717) is 18.6 Å². The Kier molecular flexibility index (Phi) is 6.35. The number of rotatable bonds is 4. The first kappa shape index (κ1) is 14.2. The lowest BCUT2D eigenvalue weighted by Gasteiger charge is -2.23. The Morgan fingerprint density at radius 2 is 1.61 bits per heavy atom. The van der Waals surface area contributed by atoms with Gasteiger partial charge < -0.3 is 10.6 Å². The molecular formula is C14H26N2OS. The zero-order chi connectivity index (χ0) is 12.6. The van der Waals surface area contributed by atoms with Crippen LogP contribution in [0.2, 0.25) is 0 Å². The van der Waals surface area contributed by atoms with Gasteiger partial charge in [0, 0.05) is 12.1 Å². The van der Waals surface area contributed by atoms with E-state index < -0.39 is 0 Å². The predicted octanol–water partition coefficient (Wildman–Crippen LogP) is 2.31. The lowest BCUT2D eigenvalue weighted by atomic mass is 10.1. The minimum Gasteiger partial charge on any atom is -0.352 e. The molecule has 104 valence electrons. The molecule has 2 aliphatic rings. The average molecular weight is 270 g/mol. The summed E-state index contributed by atoms with van der Waals surface area (Å²) in [7, 11) is 0. The van der Waals surface area contributed by atoms with Crippen molar-refractivity contribution >= 4 is 17.7 Å². The van der Waals surface area contributed by atoms with Crippen molar-refractivity contribution in [3.05, 3.63) is 0 Å². The maximum absolute atomic E-state index is 11.9. The van der Waals surface area contributed by atoms with Crippen molar-refractivity contribution < 1.29 is 4.79 Å². The van der Waals surface area contributed by atoms with Gasteiger partial charge in [0.25, 0.3) is 0 Å². The van der Waals surface area contributed by atoms with E-state index in [0.717, 1.165) is 0 Å². The molecule has 1 heterocycles. The van der Waals surface area contributed by atoms with Gasteiger partial charge in [-0.25, -0.2) is 0 Å². The number of nitrogens with one attached hydrogen (secondary N) is 2. The number of carbonyl (C=O) groups is 1. The van der Waals surface area contributed by atoms with Gasteiger partial charge in [-0.05, 0) is 37.2 Å². The second-order valence-corrected chi connectivity index (χ2v) is 6.75. The highest BCUT2D eigenvalue weighted by molar-refractivity contribution is 7.99. The Bertz CT molecular complexity index is 246. The van der Waals surface area contributed by atoms with Crippen LogP contribution < -0.4 is 10.6 Å². The third-order valence-electron chi connectivity index (χ3n) is 3.99. The highest BCUT2D eigenvalue weighted by Gasteiger charge is 2.17. The highest BCUT2D eigenvalue weighted by atomic mass is 32.2. The Hall–Kier alpha value is -0.220. The van der Waals surface area contributed by atoms with Crippen LogP contribution in [-0.2, 0) is 4.79 Å². The second kappa shape index (κ2) is 8.05. The maximum Gasteiger partial charge on any atom is 0.234 e. The van der Waals surface area contributed by atoms with Crippen LogP contribution in [0, 0.1) is 0 Å². The van der Waals surface area contributed by atoms with Crippen molar-refractivity contribution in [2.75, 3.05) is 18.1 Å². The van der Waals surface area contributed by atoms with Crippen molar-refractivity contribution in [2.24, 2.45) is 0 Å². The van der Waals surface area contributed by atoms with Crippen molar-refractivity contribution in [1.29, 1.82) is 0 Å². The zero-order valence-electron chi connectivity index (χ0n) is 11.2. The predicted molar refractivity (Wildman–Crippen MR) is 78.0 cm³/mol. The molecule has 1 aliphatic heterocycles. The molecule has 0 atom stereocenters. The number of thioether (sulfide) groups is 1. The van der Waals surface area contributed by atoms with Gasteiger partial charge in [0.15, 0.2) is 0 Å². The molecule has 4 heteroatoms. The van der Waals surface area contributed by atoms with Gasteiger partial charge in [-0.2, -0.15) is 11.8 Å². The number of hydrogen-bond acceptors (Lipinski definition) is 3. The van der Waals surface area contributed by atoms with E-state index >= 15 is 0 Å². The first-order chi connectivity index (χ1) is 8.84. The van der Waals surface area contributed by atoms with Crippen LogP contribution in [0.4, 0.5) is 0 Å². The lowest BCUT2D eigenvalue weighted by Crippen LogP contribution is -2.44. The van der Waals surface area contributed by atoms with Gasteiger partial charge in [0.2, 0.25) is 5.91 Å². The van der Waals surface area contributed by atoms with Gasteiger partial charge in [0.05, 0.1) is 6.54 Å². The summed E-state index contributed by atoms with van der Waals surface area (Å²) in [5.74, 6) is 2.67. The summed E-state index contributed by atoms with van der Waals surface area (Å²) in [5.41, 5.74) is 0. The summed E-state index contributed by atoms with van der Waals surface area (Å²) in [5, 5.41) is 6.59. The van der Waals surface area contributed by atoms with Gasteiger partial charge in [-0.1, -0.05) is 25.7 Å². The number of carbonyl (C=O) groups excluding carboxylic acids is 1. The highest BCUT2D eigenvalue weighted by Crippen LogP contribution is 2.18. The van der Waals surface area contributed by atoms with E-state index in [9.17, 15) is 4.79 Å². The summed E-state index contributed by atoms with van der Waals surface area (Å²) >= 11 is 2.02. The third-order valence-corrected chi connectivity index (χ3v) is 5.04. The Balaban J connectivity index is 1.61. The van der Waals surface area contributed by atoms with Gasteiger partial charge >= 0.3 is 0 Å². The fourth-order valence-electron chi connectivity index (χ4n) is 2.84. The van der Waals surface area contributed by atoms with Crippen LogP contribution in [0.15, 0.2) is 0 Å². The van der Waals surface area contributed by atoms with Crippen LogP contribution in [0.25, 0.3) is 0 Å². The van der Waals surface area contributed by atoms with Gasteiger partial charge in [-0.3, -0.25) is 4.79 Å². The van der Waals surface area contributed by atoms with Gasteiger partial charge in [0.1, 0.15) is 0 Å².